The zero-order valence-electron chi connectivity index (χ0n) is 13.9. The summed E-state index contributed by atoms with van der Waals surface area (Å²) in [4.78, 5) is 26.6. The maximum absolute atomic E-state index is 13.1. The maximum atomic E-state index is 13.1. The molecule has 138 valence electrons. The van der Waals surface area contributed by atoms with Gasteiger partial charge in [-0.05, 0) is 31.5 Å². The molecule has 1 saturated heterocycles. The largest absolute Gasteiger partial charge is 0.480 e. The van der Waals surface area contributed by atoms with Gasteiger partial charge in [0.2, 0.25) is 0 Å². The van der Waals surface area contributed by atoms with E-state index >= 15 is 0 Å². The Labute approximate surface area is 144 Å². The minimum absolute atomic E-state index is 0.0167. The fourth-order valence-corrected chi connectivity index (χ4v) is 3.19. The molecule has 1 aromatic rings. The zero-order valence-corrected chi connectivity index (χ0v) is 13.9. The third-order valence-corrected chi connectivity index (χ3v) is 4.48. The number of nitrogens with zero attached hydrogens (tertiary/aromatic N) is 2. The second-order valence-electron chi connectivity index (χ2n) is 6.02. The normalized spacial score (nSPS) is 16.3. The first-order chi connectivity index (χ1) is 11.7. The molecule has 5 nitrogen and oxygen atoms in total. The Kier molecular flexibility index (Phi) is 6.05. The van der Waals surface area contributed by atoms with Crippen molar-refractivity contribution < 1.29 is 27.9 Å². The molecule has 2 rings (SSSR count). The van der Waals surface area contributed by atoms with Crippen molar-refractivity contribution in [2.75, 3.05) is 26.2 Å². The number of carboxylic acids is 1. The SMILES string of the molecule is CCN(CC(=O)O)C1CCN(C(=O)c2ccccc2C(F)(F)F)CC1. The quantitative estimate of drug-likeness (QED) is 0.879. The van der Waals surface area contributed by atoms with E-state index < -0.39 is 23.6 Å². The predicted molar refractivity (Wildman–Crippen MR) is 85.3 cm³/mol. The van der Waals surface area contributed by atoms with Crippen LogP contribution in [-0.4, -0.2) is 59.0 Å². The van der Waals surface area contributed by atoms with Gasteiger partial charge in [0.05, 0.1) is 17.7 Å². The van der Waals surface area contributed by atoms with Crippen LogP contribution in [0.1, 0.15) is 35.7 Å². The van der Waals surface area contributed by atoms with Crippen LogP contribution in [0, 0.1) is 0 Å². The minimum Gasteiger partial charge on any atom is -0.480 e. The van der Waals surface area contributed by atoms with Gasteiger partial charge in [-0.25, -0.2) is 0 Å². The van der Waals surface area contributed by atoms with Gasteiger partial charge < -0.3 is 10.0 Å². The average molecular weight is 358 g/mol. The highest BCUT2D eigenvalue weighted by atomic mass is 19.4. The Morgan fingerprint density at radius 2 is 1.84 bits per heavy atom. The average Bonchev–Trinajstić information content (AvgIpc) is 2.58. The lowest BCUT2D eigenvalue weighted by molar-refractivity contribution is -0.139. The summed E-state index contributed by atoms with van der Waals surface area (Å²) in [5, 5.41) is 8.93. The number of halogens is 3. The zero-order chi connectivity index (χ0) is 18.6. The molecular formula is C17H21F3N2O3. The molecule has 0 radical (unpaired) electrons. The Balaban J connectivity index is 2.06. The summed E-state index contributed by atoms with van der Waals surface area (Å²) in [6.45, 7) is 2.98. The van der Waals surface area contributed by atoms with Gasteiger partial charge in [-0.15, -0.1) is 0 Å². The van der Waals surface area contributed by atoms with Gasteiger partial charge in [0.15, 0.2) is 0 Å². The lowest BCUT2D eigenvalue weighted by atomic mass is 10.0. The molecule has 0 aliphatic carbocycles. The van der Waals surface area contributed by atoms with Gasteiger partial charge in [0.25, 0.3) is 5.91 Å². The van der Waals surface area contributed by atoms with Crippen LogP contribution in [0.2, 0.25) is 0 Å². The van der Waals surface area contributed by atoms with Crippen molar-refractivity contribution in [2.24, 2.45) is 0 Å². The smallest absolute Gasteiger partial charge is 0.417 e. The van der Waals surface area contributed by atoms with Crippen LogP contribution in [-0.2, 0) is 11.0 Å². The Morgan fingerprint density at radius 1 is 1.24 bits per heavy atom. The molecule has 1 aromatic carbocycles. The highest BCUT2D eigenvalue weighted by Gasteiger charge is 2.36. The van der Waals surface area contributed by atoms with Gasteiger partial charge >= 0.3 is 12.1 Å². The monoisotopic (exact) mass is 358 g/mol. The number of rotatable bonds is 5. The van der Waals surface area contributed by atoms with Gasteiger partial charge in [0.1, 0.15) is 0 Å². The van der Waals surface area contributed by atoms with E-state index in [1.165, 1.54) is 23.1 Å². The third-order valence-electron chi connectivity index (χ3n) is 4.48. The Morgan fingerprint density at radius 3 is 2.36 bits per heavy atom. The number of carbonyl (C=O) groups is 2. The third kappa shape index (κ3) is 4.72. The Bertz CT molecular complexity index is 626. The van der Waals surface area contributed by atoms with Crippen molar-refractivity contribution in [3.63, 3.8) is 0 Å². The van der Waals surface area contributed by atoms with E-state index in [4.69, 9.17) is 5.11 Å². The minimum atomic E-state index is -4.58. The predicted octanol–water partition coefficient (Wildman–Crippen LogP) is 2.72. The highest BCUT2D eigenvalue weighted by molar-refractivity contribution is 5.96. The molecule has 1 fully saturated rings. The van der Waals surface area contributed by atoms with Gasteiger partial charge in [-0.3, -0.25) is 14.5 Å². The molecule has 0 atom stereocenters. The van der Waals surface area contributed by atoms with E-state index in [0.717, 1.165) is 6.07 Å². The molecule has 0 spiro atoms. The lowest BCUT2D eigenvalue weighted by Crippen LogP contribution is -2.48. The standard InChI is InChI=1S/C17H21F3N2O3/c1-2-21(11-15(23)24)12-7-9-22(10-8-12)16(25)13-5-3-4-6-14(13)17(18,19)20/h3-6,12H,2,7-11H2,1H3,(H,23,24). The molecule has 8 heteroatoms. The van der Waals surface area contributed by atoms with Crippen molar-refractivity contribution in [2.45, 2.75) is 32.0 Å². The maximum Gasteiger partial charge on any atom is 0.417 e. The first-order valence-electron chi connectivity index (χ1n) is 8.15. The number of amides is 1. The topological polar surface area (TPSA) is 60.9 Å². The number of alkyl halides is 3. The molecule has 1 N–H and O–H groups in total. The fraction of sp³-hybridized carbons (Fsp3) is 0.529. The second kappa shape index (κ2) is 7.86. The molecule has 0 aromatic heterocycles. The summed E-state index contributed by atoms with van der Waals surface area (Å²) in [6, 6.07) is 4.80. The number of carbonyl (C=O) groups excluding carboxylic acids is 1. The van der Waals surface area contributed by atoms with Crippen molar-refractivity contribution in [3.8, 4) is 0 Å². The summed E-state index contributed by atoms with van der Waals surface area (Å²) in [6.07, 6.45) is -3.49. The van der Waals surface area contributed by atoms with Crippen LogP contribution >= 0.6 is 0 Å². The number of benzene rings is 1. The van der Waals surface area contributed by atoms with E-state index in [1.807, 2.05) is 11.8 Å². The van der Waals surface area contributed by atoms with Crippen LogP contribution in [0.25, 0.3) is 0 Å². The van der Waals surface area contributed by atoms with Crippen LogP contribution in [0.15, 0.2) is 24.3 Å². The van der Waals surface area contributed by atoms with Crippen LogP contribution in [0.4, 0.5) is 13.2 Å². The van der Waals surface area contributed by atoms with Crippen LogP contribution in [0.3, 0.4) is 0 Å². The molecule has 0 bridgehead atoms. The van der Waals surface area contributed by atoms with Crippen molar-refractivity contribution in [1.82, 2.24) is 9.80 Å². The van der Waals surface area contributed by atoms with Gasteiger partial charge in [-0.2, -0.15) is 13.2 Å². The van der Waals surface area contributed by atoms with E-state index in [1.54, 1.807) is 0 Å². The number of piperidine rings is 1. The molecule has 1 aliphatic rings. The summed E-state index contributed by atoms with van der Waals surface area (Å²) in [5.41, 5.74) is -1.27. The van der Waals surface area contributed by atoms with E-state index in [-0.39, 0.29) is 18.2 Å². The van der Waals surface area contributed by atoms with E-state index in [0.29, 0.717) is 32.5 Å². The molecule has 1 heterocycles. The summed E-state index contributed by atoms with van der Waals surface area (Å²) in [7, 11) is 0. The van der Waals surface area contributed by atoms with Crippen molar-refractivity contribution >= 4 is 11.9 Å². The molecular weight excluding hydrogens is 337 g/mol. The number of likely N-dealkylation sites (tertiary alicyclic amines) is 1. The van der Waals surface area contributed by atoms with Crippen LogP contribution < -0.4 is 0 Å². The van der Waals surface area contributed by atoms with Crippen molar-refractivity contribution in [1.29, 1.82) is 0 Å². The van der Waals surface area contributed by atoms with E-state index in [2.05, 4.69) is 0 Å². The summed E-state index contributed by atoms with van der Waals surface area (Å²) >= 11 is 0. The number of aliphatic carboxylic acids is 1. The van der Waals surface area contributed by atoms with Gasteiger partial charge in [0, 0.05) is 19.1 Å². The van der Waals surface area contributed by atoms with Crippen molar-refractivity contribution in [3.05, 3.63) is 35.4 Å². The molecule has 25 heavy (non-hydrogen) atoms. The number of likely N-dealkylation sites (N-methyl/N-ethyl adjacent to an activating group) is 1. The second-order valence-corrected chi connectivity index (χ2v) is 6.02. The molecule has 1 amide bonds. The molecule has 0 saturated carbocycles. The first-order valence-corrected chi connectivity index (χ1v) is 8.15. The molecule has 0 unspecified atom stereocenters. The summed E-state index contributed by atoms with van der Waals surface area (Å²) in [5.74, 6) is -1.55. The van der Waals surface area contributed by atoms with E-state index in [9.17, 15) is 22.8 Å². The number of hydrogen-bond acceptors (Lipinski definition) is 3. The Hall–Kier alpha value is -2.09. The van der Waals surface area contributed by atoms with Crippen LogP contribution in [0.5, 0.6) is 0 Å². The number of carboxylic acid groups (broad SMARTS) is 1. The summed E-state index contributed by atoms with van der Waals surface area (Å²) < 4.78 is 39.2. The number of hydrogen-bond donors (Lipinski definition) is 1. The van der Waals surface area contributed by atoms with Gasteiger partial charge in [-0.1, -0.05) is 19.1 Å². The lowest BCUT2D eigenvalue weighted by Gasteiger charge is -2.37. The highest BCUT2D eigenvalue weighted by Crippen LogP contribution is 2.32. The fourth-order valence-electron chi connectivity index (χ4n) is 3.19. The molecule has 1 aliphatic heterocycles. The first kappa shape index (κ1) is 19.2.